The van der Waals surface area contributed by atoms with Crippen LogP contribution in [0.1, 0.15) is 5.56 Å². The van der Waals surface area contributed by atoms with Crippen molar-refractivity contribution in [3.63, 3.8) is 0 Å². The van der Waals surface area contributed by atoms with Gasteiger partial charge in [0, 0.05) is 10.7 Å². The van der Waals surface area contributed by atoms with Crippen LogP contribution in [0.3, 0.4) is 0 Å². The van der Waals surface area contributed by atoms with E-state index in [2.05, 4.69) is 31.9 Å². The van der Waals surface area contributed by atoms with Crippen LogP contribution in [0, 0.1) is 0 Å². The fourth-order valence-electron chi connectivity index (χ4n) is 1.72. The van der Waals surface area contributed by atoms with Gasteiger partial charge in [-0.25, -0.2) is 4.79 Å². The van der Waals surface area contributed by atoms with E-state index in [0.717, 1.165) is 10.9 Å². The third-order valence-corrected chi connectivity index (χ3v) is 3.71. The van der Waals surface area contributed by atoms with Crippen LogP contribution in [0.2, 0.25) is 0 Å². The number of alkyl halides is 1. The summed E-state index contributed by atoms with van der Waals surface area (Å²) in [7, 11) is 3.05. The van der Waals surface area contributed by atoms with Crippen LogP contribution in [0.5, 0.6) is 11.5 Å². The number of benzene rings is 1. The summed E-state index contributed by atoms with van der Waals surface area (Å²) in [5, 5.41) is 1.42. The molecule has 0 aliphatic carbocycles. The Labute approximate surface area is 120 Å². The van der Waals surface area contributed by atoms with Gasteiger partial charge in [0.05, 0.1) is 14.2 Å². The average molecular weight is 378 g/mol. The van der Waals surface area contributed by atoms with Crippen molar-refractivity contribution in [2.45, 2.75) is 5.33 Å². The molecule has 1 aromatic carbocycles. The zero-order valence-corrected chi connectivity index (χ0v) is 12.9. The van der Waals surface area contributed by atoms with Gasteiger partial charge in [-0.2, -0.15) is 0 Å². The molecule has 0 atom stereocenters. The molecule has 0 unspecified atom stereocenters. The summed E-state index contributed by atoms with van der Waals surface area (Å²) in [6.07, 6.45) is 0. The third kappa shape index (κ3) is 2.14. The van der Waals surface area contributed by atoms with E-state index in [1.54, 1.807) is 13.2 Å². The number of hydrogen-bond donors (Lipinski definition) is 0. The SMILES string of the molecule is COc1cc(CBr)c2cc(Br)c(=O)oc2c1OC. The van der Waals surface area contributed by atoms with E-state index in [4.69, 9.17) is 13.9 Å². The molecule has 0 spiro atoms. The highest BCUT2D eigenvalue weighted by Gasteiger charge is 2.17. The summed E-state index contributed by atoms with van der Waals surface area (Å²) in [5.41, 5.74) is 0.890. The standard InChI is InChI=1S/C12H10Br2O4/c1-16-9-3-6(5-13)7-4-8(14)12(15)18-10(7)11(9)17-2/h3-4H,5H2,1-2H3. The zero-order chi connectivity index (χ0) is 13.3. The molecule has 6 heteroatoms. The number of methoxy groups -OCH3 is 2. The van der Waals surface area contributed by atoms with E-state index < -0.39 is 5.63 Å². The molecule has 0 saturated heterocycles. The number of hydrogen-bond acceptors (Lipinski definition) is 4. The second-order valence-corrected chi connectivity index (χ2v) is 4.94. The van der Waals surface area contributed by atoms with Crippen LogP contribution in [-0.4, -0.2) is 14.2 Å². The van der Waals surface area contributed by atoms with E-state index in [0.29, 0.717) is 26.9 Å². The summed E-state index contributed by atoms with van der Waals surface area (Å²) in [5.74, 6) is 0.951. The first-order valence-corrected chi connectivity index (χ1v) is 6.97. The van der Waals surface area contributed by atoms with E-state index >= 15 is 0 Å². The lowest BCUT2D eigenvalue weighted by Gasteiger charge is -2.12. The van der Waals surface area contributed by atoms with Crippen molar-refractivity contribution in [3.8, 4) is 11.5 Å². The minimum Gasteiger partial charge on any atom is -0.493 e. The minimum atomic E-state index is -0.449. The maximum absolute atomic E-state index is 11.6. The van der Waals surface area contributed by atoms with Gasteiger partial charge in [-0.15, -0.1) is 0 Å². The molecule has 0 aliphatic heterocycles. The fraction of sp³-hybridized carbons (Fsp3) is 0.250. The fourth-order valence-corrected chi connectivity index (χ4v) is 2.50. The van der Waals surface area contributed by atoms with E-state index in [9.17, 15) is 4.79 Å². The van der Waals surface area contributed by atoms with Crippen molar-refractivity contribution in [1.82, 2.24) is 0 Å². The first-order chi connectivity index (χ1) is 8.62. The Morgan fingerprint density at radius 3 is 2.56 bits per heavy atom. The lowest BCUT2D eigenvalue weighted by molar-refractivity contribution is 0.351. The quantitative estimate of drug-likeness (QED) is 0.607. The number of fused-ring (bicyclic) bond motifs is 1. The molecule has 18 heavy (non-hydrogen) atoms. The lowest BCUT2D eigenvalue weighted by Crippen LogP contribution is -2.02. The van der Waals surface area contributed by atoms with Gasteiger partial charge < -0.3 is 13.9 Å². The molecule has 96 valence electrons. The molecule has 0 radical (unpaired) electrons. The van der Waals surface area contributed by atoms with Gasteiger partial charge in [0.25, 0.3) is 0 Å². The van der Waals surface area contributed by atoms with Gasteiger partial charge in [0.2, 0.25) is 5.75 Å². The smallest absolute Gasteiger partial charge is 0.350 e. The summed E-state index contributed by atoms with van der Waals surface area (Å²) in [6, 6.07) is 3.57. The highest BCUT2D eigenvalue weighted by molar-refractivity contribution is 9.10. The average Bonchev–Trinajstić information content (AvgIpc) is 2.38. The van der Waals surface area contributed by atoms with E-state index in [1.165, 1.54) is 7.11 Å². The molecule has 0 aliphatic rings. The Bertz CT molecular complexity index is 649. The zero-order valence-electron chi connectivity index (χ0n) is 9.75. The molecule has 0 saturated carbocycles. The highest BCUT2D eigenvalue weighted by Crippen LogP contribution is 2.38. The molecule has 0 fully saturated rings. The van der Waals surface area contributed by atoms with Crippen LogP contribution in [-0.2, 0) is 5.33 Å². The molecule has 1 aromatic heterocycles. The number of rotatable bonds is 3. The van der Waals surface area contributed by atoms with Gasteiger partial charge >= 0.3 is 5.63 Å². The highest BCUT2D eigenvalue weighted by atomic mass is 79.9. The Balaban J connectivity index is 2.95. The Hall–Kier alpha value is -1.01. The van der Waals surface area contributed by atoms with Crippen molar-refractivity contribution in [2.24, 2.45) is 0 Å². The second-order valence-electron chi connectivity index (χ2n) is 3.53. The Morgan fingerprint density at radius 1 is 1.28 bits per heavy atom. The maximum Gasteiger partial charge on any atom is 0.350 e. The predicted octanol–water partition coefficient (Wildman–Crippen LogP) is 3.47. The van der Waals surface area contributed by atoms with Gasteiger partial charge in [-0.1, -0.05) is 15.9 Å². The summed E-state index contributed by atoms with van der Waals surface area (Å²) >= 11 is 6.57. The first kappa shape index (κ1) is 13.4. The molecular formula is C12H10Br2O4. The van der Waals surface area contributed by atoms with Crippen LogP contribution < -0.4 is 15.1 Å². The molecule has 0 N–H and O–H groups in total. The predicted molar refractivity (Wildman–Crippen MR) is 75.9 cm³/mol. The summed E-state index contributed by atoms with van der Waals surface area (Å²) in [6.45, 7) is 0. The topological polar surface area (TPSA) is 48.7 Å². The largest absolute Gasteiger partial charge is 0.493 e. The number of ether oxygens (including phenoxy) is 2. The van der Waals surface area contributed by atoms with Crippen molar-refractivity contribution in [1.29, 1.82) is 0 Å². The molecule has 2 rings (SSSR count). The van der Waals surface area contributed by atoms with Crippen LogP contribution in [0.15, 0.2) is 25.8 Å². The second kappa shape index (κ2) is 5.32. The molecule has 4 nitrogen and oxygen atoms in total. The van der Waals surface area contributed by atoms with Gasteiger partial charge in [0.1, 0.15) is 4.47 Å². The van der Waals surface area contributed by atoms with Crippen molar-refractivity contribution in [2.75, 3.05) is 14.2 Å². The normalized spacial score (nSPS) is 10.7. The molecular weight excluding hydrogens is 368 g/mol. The lowest BCUT2D eigenvalue weighted by atomic mass is 10.1. The molecule has 0 bridgehead atoms. The van der Waals surface area contributed by atoms with Crippen LogP contribution in [0.4, 0.5) is 0 Å². The Kier molecular flexibility index (Phi) is 3.97. The van der Waals surface area contributed by atoms with Gasteiger partial charge in [-0.05, 0) is 33.6 Å². The van der Waals surface area contributed by atoms with Crippen molar-refractivity contribution < 1.29 is 13.9 Å². The summed E-state index contributed by atoms with van der Waals surface area (Å²) in [4.78, 5) is 11.6. The number of halogens is 2. The minimum absolute atomic E-state index is 0.379. The molecule has 2 aromatic rings. The monoisotopic (exact) mass is 376 g/mol. The molecule has 1 heterocycles. The van der Waals surface area contributed by atoms with Crippen LogP contribution in [0.25, 0.3) is 11.0 Å². The van der Waals surface area contributed by atoms with Gasteiger partial charge in [0.15, 0.2) is 11.3 Å². The maximum atomic E-state index is 11.6. The first-order valence-electron chi connectivity index (χ1n) is 5.05. The van der Waals surface area contributed by atoms with Crippen molar-refractivity contribution in [3.05, 3.63) is 32.6 Å². The van der Waals surface area contributed by atoms with E-state index in [1.807, 2.05) is 6.07 Å². The molecule has 0 amide bonds. The van der Waals surface area contributed by atoms with Crippen molar-refractivity contribution >= 4 is 42.8 Å². The van der Waals surface area contributed by atoms with Gasteiger partial charge in [-0.3, -0.25) is 0 Å². The third-order valence-electron chi connectivity index (χ3n) is 2.55. The summed E-state index contributed by atoms with van der Waals surface area (Å²) < 4.78 is 16.1. The Morgan fingerprint density at radius 2 is 2.00 bits per heavy atom. The van der Waals surface area contributed by atoms with Crippen LogP contribution >= 0.6 is 31.9 Å². The van der Waals surface area contributed by atoms with E-state index in [-0.39, 0.29) is 0 Å².